The molecule has 2 rings (SSSR count). The molecule has 0 aliphatic rings. The summed E-state index contributed by atoms with van der Waals surface area (Å²) >= 11 is 5.75. The van der Waals surface area contributed by atoms with Gasteiger partial charge >= 0.3 is 0 Å². The number of ether oxygens (including phenoxy) is 1. The summed E-state index contributed by atoms with van der Waals surface area (Å²) in [4.78, 5) is 17.4. The van der Waals surface area contributed by atoms with Gasteiger partial charge in [0.05, 0.1) is 13.4 Å². The summed E-state index contributed by atoms with van der Waals surface area (Å²) < 4.78 is 18.2. The van der Waals surface area contributed by atoms with Crippen molar-refractivity contribution in [3.63, 3.8) is 0 Å². The number of anilines is 2. The molecule has 0 spiro atoms. The second kappa shape index (κ2) is 5.05. The molecule has 0 radical (unpaired) electrons. The third-order valence-corrected chi connectivity index (χ3v) is 2.56. The van der Waals surface area contributed by atoms with E-state index < -0.39 is 11.4 Å². The minimum atomic E-state index is -0.525. The van der Waals surface area contributed by atoms with Crippen LogP contribution < -0.4 is 15.6 Å². The molecular weight excluding hydrogens is 261 g/mol. The molecule has 1 heterocycles. The van der Waals surface area contributed by atoms with Crippen LogP contribution in [-0.4, -0.2) is 17.1 Å². The highest BCUT2D eigenvalue weighted by atomic mass is 35.5. The Balaban J connectivity index is 2.32. The van der Waals surface area contributed by atoms with Crippen LogP contribution in [0.2, 0.25) is 5.02 Å². The van der Waals surface area contributed by atoms with Gasteiger partial charge < -0.3 is 15.0 Å². The van der Waals surface area contributed by atoms with Crippen molar-refractivity contribution < 1.29 is 9.13 Å². The molecule has 0 amide bonds. The van der Waals surface area contributed by atoms with E-state index in [4.69, 9.17) is 16.3 Å². The molecule has 1 aromatic heterocycles. The van der Waals surface area contributed by atoms with Gasteiger partial charge in [-0.2, -0.15) is 0 Å². The van der Waals surface area contributed by atoms with Crippen LogP contribution in [0.5, 0.6) is 5.75 Å². The van der Waals surface area contributed by atoms with Crippen molar-refractivity contribution in [3.05, 3.63) is 45.7 Å². The number of nitrogens with zero attached hydrogens (tertiary/aromatic N) is 1. The zero-order chi connectivity index (χ0) is 13.1. The van der Waals surface area contributed by atoms with Crippen molar-refractivity contribution in [1.82, 2.24) is 9.97 Å². The molecule has 0 aliphatic heterocycles. The van der Waals surface area contributed by atoms with Gasteiger partial charge in [0.25, 0.3) is 5.56 Å². The van der Waals surface area contributed by atoms with Gasteiger partial charge in [-0.15, -0.1) is 0 Å². The maximum absolute atomic E-state index is 13.4. The third kappa shape index (κ3) is 2.43. The summed E-state index contributed by atoms with van der Waals surface area (Å²) in [5, 5.41) is 2.66. The predicted molar refractivity (Wildman–Crippen MR) is 66.1 cm³/mol. The van der Waals surface area contributed by atoms with Gasteiger partial charge in [0, 0.05) is 11.8 Å². The fourth-order valence-corrected chi connectivity index (χ4v) is 1.50. The van der Waals surface area contributed by atoms with Gasteiger partial charge in [0.15, 0.2) is 17.4 Å². The van der Waals surface area contributed by atoms with Gasteiger partial charge in [-0.05, 0) is 12.1 Å². The molecule has 18 heavy (non-hydrogen) atoms. The van der Waals surface area contributed by atoms with E-state index in [1.54, 1.807) is 6.07 Å². The molecule has 0 saturated heterocycles. The van der Waals surface area contributed by atoms with Crippen LogP contribution in [0.15, 0.2) is 29.3 Å². The summed E-state index contributed by atoms with van der Waals surface area (Å²) in [6.45, 7) is 0. The SMILES string of the molecule is COc1ccc(Nc2nc[nH]c(=O)c2Cl)cc1F. The molecule has 0 fully saturated rings. The molecule has 0 atom stereocenters. The van der Waals surface area contributed by atoms with Crippen molar-refractivity contribution >= 4 is 23.1 Å². The number of benzene rings is 1. The van der Waals surface area contributed by atoms with Crippen molar-refractivity contribution in [1.29, 1.82) is 0 Å². The lowest BCUT2D eigenvalue weighted by Crippen LogP contribution is -2.09. The Labute approximate surface area is 107 Å². The molecule has 7 heteroatoms. The van der Waals surface area contributed by atoms with Crippen LogP contribution in [0.4, 0.5) is 15.9 Å². The highest BCUT2D eigenvalue weighted by Gasteiger charge is 2.08. The molecule has 2 aromatic rings. The summed E-state index contributed by atoms with van der Waals surface area (Å²) in [7, 11) is 1.38. The van der Waals surface area contributed by atoms with E-state index in [0.29, 0.717) is 5.69 Å². The average Bonchev–Trinajstić information content (AvgIpc) is 2.35. The molecule has 0 bridgehead atoms. The number of nitrogens with one attached hydrogen (secondary N) is 2. The lowest BCUT2D eigenvalue weighted by Gasteiger charge is -2.08. The molecule has 5 nitrogen and oxygen atoms in total. The van der Waals surface area contributed by atoms with Gasteiger partial charge in [-0.25, -0.2) is 9.37 Å². The molecule has 0 unspecified atom stereocenters. The molecule has 94 valence electrons. The van der Waals surface area contributed by atoms with E-state index in [0.717, 1.165) is 0 Å². The number of hydrogen-bond acceptors (Lipinski definition) is 4. The third-order valence-electron chi connectivity index (χ3n) is 2.21. The second-order valence-corrected chi connectivity index (χ2v) is 3.75. The summed E-state index contributed by atoms with van der Waals surface area (Å²) in [5.41, 5.74) is -0.0588. The normalized spacial score (nSPS) is 10.2. The smallest absolute Gasteiger partial charge is 0.271 e. The number of H-pyrrole nitrogens is 1. The minimum absolute atomic E-state index is 0.0891. The topological polar surface area (TPSA) is 67.0 Å². The zero-order valence-electron chi connectivity index (χ0n) is 9.33. The Morgan fingerprint density at radius 3 is 2.94 bits per heavy atom. The lowest BCUT2D eigenvalue weighted by atomic mass is 10.3. The first-order valence-corrected chi connectivity index (χ1v) is 5.33. The maximum atomic E-state index is 13.4. The largest absolute Gasteiger partial charge is 0.494 e. The highest BCUT2D eigenvalue weighted by Crippen LogP contribution is 2.24. The van der Waals surface area contributed by atoms with Gasteiger partial charge in [-0.3, -0.25) is 4.79 Å². The van der Waals surface area contributed by atoms with Crippen molar-refractivity contribution in [2.24, 2.45) is 0 Å². The van der Waals surface area contributed by atoms with Crippen LogP contribution in [0.25, 0.3) is 0 Å². The predicted octanol–water partition coefficient (Wildman–Crippen LogP) is 2.31. The van der Waals surface area contributed by atoms with Crippen LogP contribution >= 0.6 is 11.6 Å². The fourth-order valence-electron chi connectivity index (χ4n) is 1.35. The number of hydrogen-bond donors (Lipinski definition) is 2. The first-order chi connectivity index (χ1) is 8.61. The monoisotopic (exact) mass is 269 g/mol. The molecule has 1 aromatic carbocycles. The lowest BCUT2D eigenvalue weighted by molar-refractivity contribution is 0.386. The summed E-state index contributed by atoms with van der Waals surface area (Å²) in [5.74, 6) is -0.237. The van der Waals surface area contributed by atoms with Crippen LogP contribution in [0, 0.1) is 5.82 Å². The maximum Gasteiger partial charge on any atom is 0.271 e. The molecule has 0 aliphatic carbocycles. The van der Waals surface area contributed by atoms with Crippen LogP contribution in [0.1, 0.15) is 0 Å². The summed E-state index contributed by atoms with van der Waals surface area (Å²) in [6.07, 6.45) is 1.20. The number of aromatic amines is 1. The van der Waals surface area contributed by atoms with Gasteiger partial charge in [0.1, 0.15) is 5.02 Å². The molecule has 2 N–H and O–H groups in total. The number of aromatic nitrogens is 2. The van der Waals surface area contributed by atoms with E-state index in [2.05, 4.69) is 15.3 Å². The average molecular weight is 270 g/mol. The van der Waals surface area contributed by atoms with Crippen molar-refractivity contribution in [3.8, 4) is 5.75 Å². The number of halogens is 2. The fraction of sp³-hybridized carbons (Fsp3) is 0.0909. The summed E-state index contributed by atoms with van der Waals surface area (Å²) in [6, 6.07) is 4.26. The Hall–Kier alpha value is -2.08. The zero-order valence-corrected chi connectivity index (χ0v) is 10.1. The Morgan fingerprint density at radius 2 is 2.28 bits per heavy atom. The van der Waals surface area contributed by atoms with Crippen LogP contribution in [-0.2, 0) is 0 Å². The minimum Gasteiger partial charge on any atom is -0.494 e. The van der Waals surface area contributed by atoms with E-state index in [1.165, 1.54) is 25.6 Å². The Bertz CT molecular complexity index is 630. The standard InChI is InChI=1S/C11H9ClFN3O2/c1-18-8-3-2-6(4-7(8)13)16-10-9(12)11(17)15-5-14-10/h2-5H,1H3,(H2,14,15,16,17). The van der Waals surface area contributed by atoms with Crippen LogP contribution in [0.3, 0.4) is 0 Å². The Kier molecular flexibility index (Phi) is 3.47. The quantitative estimate of drug-likeness (QED) is 0.897. The van der Waals surface area contributed by atoms with Crippen molar-refractivity contribution in [2.45, 2.75) is 0 Å². The first-order valence-electron chi connectivity index (χ1n) is 4.95. The van der Waals surface area contributed by atoms with E-state index in [1.807, 2.05) is 0 Å². The van der Waals surface area contributed by atoms with E-state index in [-0.39, 0.29) is 16.6 Å². The molecular formula is C11H9ClFN3O2. The first kappa shape index (κ1) is 12.4. The molecule has 0 saturated carbocycles. The number of methoxy groups -OCH3 is 1. The highest BCUT2D eigenvalue weighted by molar-refractivity contribution is 6.32. The number of rotatable bonds is 3. The van der Waals surface area contributed by atoms with E-state index >= 15 is 0 Å². The second-order valence-electron chi connectivity index (χ2n) is 3.37. The van der Waals surface area contributed by atoms with Gasteiger partial charge in [-0.1, -0.05) is 11.6 Å². The van der Waals surface area contributed by atoms with Crippen molar-refractivity contribution in [2.75, 3.05) is 12.4 Å². The Morgan fingerprint density at radius 1 is 1.50 bits per heavy atom. The van der Waals surface area contributed by atoms with E-state index in [9.17, 15) is 9.18 Å². The van der Waals surface area contributed by atoms with Gasteiger partial charge in [0.2, 0.25) is 0 Å².